The third-order valence-electron chi connectivity index (χ3n) is 5.60. The Balaban J connectivity index is 1.68. The first kappa shape index (κ1) is 18.0. The predicted molar refractivity (Wildman–Crippen MR) is 94.8 cm³/mol. The summed E-state index contributed by atoms with van der Waals surface area (Å²) >= 11 is 0. The van der Waals surface area contributed by atoms with Crippen LogP contribution >= 0.6 is 0 Å². The molecule has 0 spiro atoms. The average Bonchev–Trinajstić information content (AvgIpc) is 3.29. The standard InChI is InChI=1S/C19H29N3O3/c1-15(23)21-9-11-22(12-10-21)18(16-6-3-4-7-16)19(24)20(2)14-17-8-5-13-25-17/h5,8,13,16,18H,3-4,6-7,9-12,14H2,1-2H3. The monoisotopic (exact) mass is 347 g/mol. The summed E-state index contributed by atoms with van der Waals surface area (Å²) in [6.07, 6.45) is 6.31. The molecule has 2 fully saturated rings. The first-order chi connectivity index (χ1) is 12.1. The molecule has 1 unspecified atom stereocenters. The molecular weight excluding hydrogens is 318 g/mol. The van der Waals surface area contributed by atoms with Crippen LogP contribution in [-0.4, -0.2) is 65.8 Å². The van der Waals surface area contributed by atoms with Crippen LogP contribution in [0.5, 0.6) is 0 Å². The van der Waals surface area contributed by atoms with Gasteiger partial charge in [0.1, 0.15) is 5.76 Å². The molecule has 2 amide bonds. The molecule has 138 valence electrons. The average molecular weight is 347 g/mol. The highest BCUT2D eigenvalue weighted by molar-refractivity contribution is 5.82. The molecule has 3 rings (SSSR count). The molecule has 6 nitrogen and oxygen atoms in total. The van der Waals surface area contributed by atoms with Crippen LogP contribution in [0.15, 0.2) is 22.8 Å². The van der Waals surface area contributed by atoms with Crippen LogP contribution in [0.25, 0.3) is 0 Å². The van der Waals surface area contributed by atoms with E-state index in [9.17, 15) is 9.59 Å². The summed E-state index contributed by atoms with van der Waals surface area (Å²) in [5.41, 5.74) is 0. The molecule has 2 aliphatic rings. The number of amides is 2. The number of piperazine rings is 1. The molecule has 6 heteroatoms. The zero-order valence-corrected chi connectivity index (χ0v) is 15.3. The van der Waals surface area contributed by atoms with Crippen molar-refractivity contribution in [2.45, 2.75) is 45.2 Å². The van der Waals surface area contributed by atoms with Gasteiger partial charge in [0.25, 0.3) is 0 Å². The largest absolute Gasteiger partial charge is 0.467 e. The fourth-order valence-corrected chi connectivity index (χ4v) is 4.18. The lowest BCUT2D eigenvalue weighted by atomic mass is 9.94. The molecule has 1 aromatic heterocycles. The van der Waals surface area contributed by atoms with Crippen molar-refractivity contribution in [1.82, 2.24) is 14.7 Å². The lowest BCUT2D eigenvalue weighted by molar-refractivity contribution is -0.140. The number of nitrogens with zero attached hydrogens (tertiary/aromatic N) is 3. The number of carbonyl (C=O) groups excluding carboxylic acids is 2. The number of hydrogen-bond acceptors (Lipinski definition) is 4. The maximum atomic E-state index is 13.2. The van der Waals surface area contributed by atoms with Crippen molar-refractivity contribution in [3.63, 3.8) is 0 Å². The van der Waals surface area contributed by atoms with E-state index in [0.717, 1.165) is 31.7 Å². The Kier molecular flexibility index (Phi) is 5.78. The summed E-state index contributed by atoms with van der Waals surface area (Å²) < 4.78 is 5.39. The minimum absolute atomic E-state index is 0.0726. The van der Waals surface area contributed by atoms with Gasteiger partial charge in [0, 0.05) is 40.2 Å². The van der Waals surface area contributed by atoms with Gasteiger partial charge in [0.05, 0.1) is 18.8 Å². The minimum Gasteiger partial charge on any atom is -0.467 e. The Labute approximate surface area is 149 Å². The summed E-state index contributed by atoms with van der Waals surface area (Å²) in [7, 11) is 1.86. The van der Waals surface area contributed by atoms with Crippen molar-refractivity contribution in [3.8, 4) is 0 Å². The van der Waals surface area contributed by atoms with Gasteiger partial charge in [0.15, 0.2) is 0 Å². The lowest BCUT2D eigenvalue weighted by Crippen LogP contribution is -2.57. The molecule has 0 radical (unpaired) electrons. The molecule has 0 bridgehead atoms. The third-order valence-corrected chi connectivity index (χ3v) is 5.60. The van der Waals surface area contributed by atoms with Crippen LogP contribution in [0.2, 0.25) is 0 Å². The van der Waals surface area contributed by atoms with E-state index in [1.54, 1.807) is 18.1 Å². The molecule has 25 heavy (non-hydrogen) atoms. The van der Waals surface area contributed by atoms with E-state index in [-0.39, 0.29) is 17.9 Å². The summed E-state index contributed by atoms with van der Waals surface area (Å²) in [5, 5.41) is 0. The SMILES string of the molecule is CC(=O)N1CCN(C(C(=O)N(C)Cc2ccco2)C2CCCC2)CC1. The highest BCUT2D eigenvalue weighted by Gasteiger charge is 2.38. The fraction of sp³-hybridized carbons (Fsp3) is 0.684. The lowest BCUT2D eigenvalue weighted by Gasteiger charge is -2.41. The van der Waals surface area contributed by atoms with Gasteiger partial charge < -0.3 is 14.2 Å². The summed E-state index contributed by atoms with van der Waals surface area (Å²) in [6, 6.07) is 3.68. The topological polar surface area (TPSA) is 57.0 Å². The molecule has 1 aliphatic carbocycles. The van der Waals surface area contributed by atoms with Crippen LogP contribution in [0.1, 0.15) is 38.4 Å². The second-order valence-electron chi connectivity index (χ2n) is 7.31. The second-order valence-corrected chi connectivity index (χ2v) is 7.31. The Hall–Kier alpha value is -1.82. The van der Waals surface area contributed by atoms with Crippen molar-refractivity contribution < 1.29 is 14.0 Å². The van der Waals surface area contributed by atoms with Crippen molar-refractivity contribution in [2.75, 3.05) is 33.2 Å². The third kappa shape index (κ3) is 4.24. The first-order valence-electron chi connectivity index (χ1n) is 9.33. The maximum absolute atomic E-state index is 13.2. The van der Waals surface area contributed by atoms with Crippen molar-refractivity contribution in [1.29, 1.82) is 0 Å². The van der Waals surface area contributed by atoms with Gasteiger partial charge in [-0.1, -0.05) is 12.8 Å². The second kappa shape index (κ2) is 8.04. The molecule has 2 heterocycles. The predicted octanol–water partition coefficient (Wildman–Crippen LogP) is 1.96. The van der Waals surface area contributed by atoms with E-state index in [2.05, 4.69) is 4.90 Å². The van der Waals surface area contributed by atoms with E-state index >= 15 is 0 Å². The van der Waals surface area contributed by atoms with E-state index in [1.165, 1.54) is 12.8 Å². The summed E-state index contributed by atoms with van der Waals surface area (Å²) in [6.45, 7) is 5.11. The molecule has 1 saturated carbocycles. The molecule has 1 aromatic rings. The zero-order chi connectivity index (χ0) is 17.8. The van der Waals surface area contributed by atoms with Gasteiger partial charge >= 0.3 is 0 Å². The Bertz CT molecular complexity index is 573. The van der Waals surface area contributed by atoms with Gasteiger partial charge in [-0.15, -0.1) is 0 Å². The zero-order valence-electron chi connectivity index (χ0n) is 15.3. The number of rotatable bonds is 5. The molecule has 1 aliphatic heterocycles. The molecule has 0 aromatic carbocycles. The quantitative estimate of drug-likeness (QED) is 0.817. The summed E-state index contributed by atoms with van der Waals surface area (Å²) in [4.78, 5) is 30.8. The van der Waals surface area contributed by atoms with Gasteiger partial charge in [-0.2, -0.15) is 0 Å². The van der Waals surface area contributed by atoms with Gasteiger partial charge in [0.2, 0.25) is 11.8 Å². The first-order valence-corrected chi connectivity index (χ1v) is 9.33. The summed E-state index contributed by atoms with van der Waals surface area (Å²) in [5.74, 6) is 1.54. The van der Waals surface area contributed by atoms with Gasteiger partial charge in [-0.25, -0.2) is 0 Å². The molecule has 1 atom stereocenters. The normalized spacial score (nSPS) is 20.6. The van der Waals surface area contributed by atoms with E-state index in [0.29, 0.717) is 25.6 Å². The van der Waals surface area contributed by atoms with E-state index < -0.39 is 0 Å². The van der Waals surface area contributed by atoms with Crippen molar-refractivity contribution in [3.05, 3.63) is 24.2 Å². The smallest absolute Gasteiger partial charge is 0.240 e. The highest BCUT2D eigenvalue weighted by Crippen LogP contribution is 2.32. The number of likely N-dealkylation sites (N-methyl/N-ethyl adjacent to an activating group) is 1. The Morgan fingerprint density at radius 1 is 1.24 bits per heavy atom. The van der Waals surface area contributed by atoms with Gasteiger partial charge in [-0.05, 0) is 30.9 Å². The van der Waals surface area contributed by atoms with Crippen molar-refractivity contribution in [2.24, 2.45) is 5.92 Å². The Morgan fingerprint density at radius 2 is 1.92 bits per heavy atom. The minimum atomic E-state index is -0.0726. The number of furan rings is 1. The van der Waals surface area contributed by atoms with Crippen LogP contribution in [0, 0.1) is 5.92 Å². The van der Waals surface area contributed by atoms with E-state index in [4.69, 9.17) is 4.42 Å². The van der Waals surface area contributed by atoms with Crippen LogP contribution in [0.3, 0.4) is 0 Å². The van der Waals surface area contributed by atoms with Crippen LogP contribution in [0.4, 0.5) is 0 Å². The van der Waals surface area contributed by atoms with Crippen LogP contribution < -0.4 is 0 Å². The van der Waals surface area contributed by atoms with Crippen molar-refractivity contribution >= 4 is 11.8 Å². The number of carbonyl (C=O) groups is 2. The van der Waals surface area contributed by atoms with E-state index in [1.807, 2.05) is 24.1 Å². The Morgan fingerprint density at radius 3 is 2.48 bits per heavy atom. The number of hydrogen-bond donors (Lipinski definition) is 0. The van der Waals surface area contributed by atoms with Crippen LogP contribution in [-0.2, 0) is 16.1 Å². The highest BCUT2D eigenvalue weighted by atomic mass is 16.3. The van der Waals surface area contributed by atoms with Gasteiger partial charge in [-0.3, -0.25) is 14.5 Å². The molecule has 0 N–H and O–H groups in total. The molecular formula is C19H29N3O3. The maximum Gasteiger partial charge on any atom is 0.240 e. The fourth-order valence-electron chi connectivity index (χ4n) is 4.18. The molecule has 1 saturated heterocycles.